The number of aliphatic carboxylic acids is 1. The number of rotatable bonds is 18. The number of carbonyl (C=O) groups excluding carboxylic acids is 2. The molecular formula is C55H53N3O4S2. The van der Waals surface area contributed by atoms with Gasteiger partial charge in [-0.3, -0.25) is 19.3 Å². The highest BCUT2D eigenvalue weighted by molar-refractivity contribution is 7.24. The molecule has 2 aromatic heterocycles. The van der Waals surface area contributed by atoms with Crippen LogP contribution in [0, 0.1) is 11.3 Å². The number of benzene rings is 4. The largest absolute Gasteiger partial charge is 0.480 e. The lowest BCUT2D eigenvalue weighted by atomic mass is 9.70. The third kappa shape index (κ3) is 8.78. The van der Waals surface area contributed by atoms with Crippen LogP contribution in [-0.4, -0.2) is 34.3 Å². The second kappa shape index (κ2) is 19.6. The lowest BCUT2D eigenvalue weighted by molar-refractivity contribution is -0.149. The van der Waals surface area contributed by atoms with E-state index in [-0.39, 0.29) is 22.1 Å². The van der Waals surface area contributed by atoms with Gasteiger partial charge in [0.15, 0.2) is 0 Å². The van der Waals surface area contributed by atoms with Gasteiger partial charge in [0.2, 0.25) is 0 Å². The second-order valence-electron chi connectivity index (χ2n) is 16.8. The van der Waals surface area contributed by atoms with E-state index in [1.54, 1.807) is 24.3 Å². The number of carboxylic acids is 1. The predicted molar refractivity (Wildman–Crippen MR) is 262 cm³/mol. The summed E-state index contributed by atoms with van der Waals surface area (Å²) in [6, 6.07) is 45.8. The van der Waals surface area contributed by atoms with Gasteiger partial charge < -0.3 is 10.0 Å². The number of anilines is 3. The second-order valence-corrected chi connectivity index (χ2v) is 19.0. The Morgan fingerprint density at radius 2 is 1.27 bits per heavy atom. The van der Waals surface area contributed by atoms with E-state index in [2.05, 4.69) is 128 Å². The molecule has 6 aromatic rings. The fourth-order valence-corrected chi connectivity index (χ4v) is 11.5. The molecule has 8 rings (SSSR count). The molecule has 7 nitrogen and oxygen atoms in total. The molecule has 0 saturated carbocycles. The molecule has 1 aliphatic heterocycles. The van der Waals surface area contributed by atoms with Crippen LogP contribution in [0.5, 0.6) is 0 Å². The van der Waals surface area contributed by atoms with Crippen LogP contribution in [0.25, 0.3) is 37.4 Å². The van der Waals surface area contributed by atoms with E-state index in [1.165, 1.54) is 101 Å². The zero-order valence-corrected chi connectivity index (χ0v) is 38.4. The monoisotopic (exact) mass is 883 g/mol. The van der Waals surface area contributed by atoms with E-state index in [9.17, 15) is 24.8 Å². The zero-order valence-electron chi connectivity index (χ0n) is 36.7. The van der Waals surface area contributed by atoms with Gasteiger partial charge in [0, 0.05) is 47.6 Å². The lowest BCUT2D eigenvalue weighted by Crippen LogP contribution is -2.45. The van der Waals surface area contributed by atoms with Crippen molar-refractivity contribution in [3.63, 3.8) is 0 Å². The van der Waals surface area contributed by atoms with Gasteiger partial charge in [-0.25, -0.2) is 0 Å². The van der Waals surface area contributed by atoms with Crippen LogP contribution in [0.1, 0.15) is 101 Å². The third-order valence-electron chi connectivity index (χ3n) is 12.7. The number of fused-ring (bicyclic) bond motifs is 3. The van der Waals surface area contributed by atoms with Gasteiger partial charge in [-0.1, -0.05) is 120 Å². The first-order valence-electron chi connectivity index (χ1n) is 22.5. The smallest absolute Gasteiger partial charge is 0.323 e. The number of nitriles is 1. The van der Waals surface area contributed by atoms with Crippen molar-refractivity contribution in [3.8, 4) is 37.4 Å². The van der Waals surface area contributed by atoms with Crippen LogP contribution in [-0.2, 0) is 19.8 Å². The van der Waals surface area contributed by atoms with Gasteiger partial charge >= 0.3 is 5.97 Å². The maximum Gasteiger partial charge on any atom is 0.323 e. The molecule has 1 aliphatic carbocycles. The van der Waals surface area contributed by atoms with Crippen LogP contribution >= 0.6 is 22.7 Å². The highest BCUT2D eigenvalue weighted by Gasteiger charge is 2.43. The van der Waals surface area contributed by atoms with Gasteiger partial charge in [0.1, 0.15) is 18.2 Å². The van der Waals surface area contributed by atoms with Crippen LogP contribution in [0.3, 0.4) is 0 Å². The fraction of sp³-hybridized carbons (Fsp3) is 0.273. The molecule has 3 heterocycles. The Hall–Kier alpha value is -6.34. The summed E-state index contributed by atoms with van der Waals surface area (Å²) < 4.78 is 0. The minimum atomic E-state index is -1.33. The summed E-state index contributed by atoms with van der Waals surface area (Å²) in [4.78, 5) is 44.7. The number of hydrogen-bond donors (Lipinski definition) is 1. The third-order valence-corrected chi connectivity index (χ3v) is 15.1. The number of carboxylic acid groups (broad SMARTS) is 1. The highest BCUT2D eigenvalue weighted by Crippen LogP contribution is 2.57. The molecule has 324 valence electrons. The molecule has 2 amide bonds. The molecule has 0 radical (unpaired) electrons. The summed E-state index contributed by atoms with van der Waals surface area (Å²) in [5.74, 6) is -2.93. The molecule has 2 aliphatic rings. The number of amides is 2. The standard InChI is InChI=1S/C55H53N3O4S2/c1-4-6-8-16-30-55(31-17-9-7-5-2)47-32-38(22-25-43(47)44-26-23-41(33-48(44)55)58(39-18-12-10-13-19-39)40-20-14-11-15-21-40)49-28-29-51(64-49)50-27-24-42(63-50)34-45-37(3)46(35-56)54(62)57(53(45)61)36-52(59)60/h10-15,18-29,32-34H,4-9,16-17,30-31,36H2,1-3H3,(H,59,60). The average Bonchev–Trinajstić information content (AvgIpc) is 4.06. The van der Waals surface area contributed by atoms with Gasteiger partial charge in [-0.2, -0.15) is 5.26 Å². The Balaban J connectivity index is 1.17. The van der Waals surface area contributed by atoms with Crippen LogP contribution in [0.15, 0.2) is 138 Å². The summed E-state index contributed by atoms with van der Waals surface area (Å²) in [7, 11) is 0. The SMILES string of the molecule is CCCCCCC1(CCCCCC)c2cc(-c3ccc(-c4ccc(C=C5C(=O)N(CC(=O)O)C(=O)C(C#N)=C5C)s4)s3)ccc2-c2ccc(N(c3ccccc3)c3ccccc3)cc21. The van der Waals surface area contributed by atoms with Gasteiger partial charge in [-0.05, 0) is 126 Å². The molecule has 0 spiro atoms. The van der Waals surface area contributed by atoms with Crippen molar-refractivity contribution in [2.75, 3.05) is 11.4 Å². The summed E-state index contributed by atoms with van der Waals surface area (Å²) >= 11 is 3.24. The van der Waals surface area contributed by atoms with Gasteiger partial charge in [0.25, 0.3) is 11.8 Å². The van der Waals surface area contributed by atoms with Crippen LogP contribution < -0.4 is 4.90 Å². The van der Waals surface area contributed by atoms with Crippen molar-refractivity contribution in [3.05, 3.63) is 154 Å². The molecule has 9 heteroatoms. The molecular weight excluding hydrogens is 831 g/mol. The summed E-state index contributed by atoms with van der Waals surface area (Å²) in [6.45, 7) is 5.32. The predicted octanol–water partition coefficient (Wildman–Crippen LogP) is 14.5. The van der Waals surface area contributed by atoms with Crippen molar-refractivity contribution in [1.29, 1.82) is 5.26 Å². The number of nitrogens with zero attached hydrogens (tertiary/aromatic N) is 3. The van der Waals surface area contributed by atoms with E-state index in [0.29, 0.717) is 4.90 Å². The Bertz CT molecular complexity index is 2740. The van der Waals surface area contributed by atoms with E-state index in [4.69, 9.17) is 0 Å². The molecule has 1 N–H and O–H groups in total. The van der Waals surface area contributed by atoms with Crippen molar-refractivity contribution >= 4 is 63.6 Å². The maximum atomic E-state index is 13.4. The maximum absolute atomic E-state index is 13.4. The summed E-state index contributed by atoms with van der Waals surface area (Å²) in [5.41, 5.74) is 10.2. The number of para-hydroxylation sites is 2. The quantitative estimate of drug-likeness (QED) is 0.0524. The average molecular weight is 884 g/mol. The number of carbonyl (C=O) groups is 3. The summed E-state index contributed by atoms with van der Waals surface area (Å²) in [6.07, 6.45) is 13.5. The number of imide groups is 1. The highest BCUT2D eigenvalue weighted by atomic mass is 32.1. The normalized spacial score (nSPS) is 14.8. The molecule has 0 bridgehead atoms. The molecule has 0 saturated heterocycles. The number of unbranched alkanes of at least 4 members (excludes halogenated alkanes) is 6. The van der Waals surface area contributed by atoms with Crippen molar-refractivity contribution in [1.82, 2.24) is 4.90 Å². The Morgan fingerprint density at radius 3 is 1.88 bits per heavy atom. The van der Waals surface area contributed by atoms with Crippen molar-refractivity contribution in [2.24, 2.45) is 0 Å². The Kier molecular flexibility index (Phi) is 13.6. The molecule has 0 unspecified atom stereocenters. The van der Waals surface area contributed by atoms with Gasteiger partial charge in [0.05, 0.1) is 0 Å². The molecule has 0 atom stereocenters. The van der Waals surface area contributed by atoms with E-state index >= 15 is 0 Å². The minimum absolute atomic E-state index is 0.132. The van der Waals surface area contributed by atoms with Crippen LogP contribution in [0.4, 0.5) is 17.1 Å². The van der Waals surface area contributed by atoms with Crippen molar-refractivity contribution in [2.45, 2.75) is 90.4 Å². The summed E-state index contributed by atoms with van der Waals surface area (Å²) in [5, 5.41) is 19.1. The zero-order chi connectivity index (χ0) is 44.8. The minimum Gasteiger partial charge on any atom is -0.480 e. The first-order valence-corrected chi connectivity index (χ1v) is 24.1. The lowest BCUT2D eigenvalue weighted by Gasteiger charge is -2.34. The topological polar surface area (TPSA) is 102 Å². The Labute approximate surface area is 384 Å². The van der Waals surface area contributed by atoms with Crippen LogP contribution in [0.2, 0.25) is 0 Å². The molecule has 64 heavy (non-hydrogen) atoms. The first kappa shape index (κ1) is 44.3. The van der Waals surface area contributed by atoms with E-state index in [1.807, 2.05) is 18.2 Å². The molecule has 0 fully saturated rings. The fourth-order valence-electron chi connectivity index (χ4n) is 9.49. The molecule has 4 aromatic carbocycles. The van der Waals surface area contributed by atoms with E-state index < -0.39 is 24.3 Å². The first-order chi connectivity index (χ1) is 31.2. The Morgan fingerprint density at radius 1 is 0.688 bits per heavy atom. The van der Waals surface area contributed by atoms with E-state index in [0.717, 1.165) is 38.8 Å². The number of thiophene rings is 2. The van der Waals surface area contributed by atoms with Crippen molar-refractivity contribution < 1.29 is 19.5 Å². The van der Waals surface area contributed by atoms with Gasteiger partial charge in [-0.15, -0.1) is 22.7 Å². The number of hydrogen-bond acceptors (Lipinski definition) is 7.